The van der Waals surface area contributed by atoms with Crippen LogP contribution in [0.3, 0.4) is 0 Å². The molecule has 48 heavy (non-hydrogen) atoms. The van der Waals surface area contributed by atoms with Crippen LogP contribution in [-0.4, -0.2) is 100 Å². The molecule has 0 atom stereocenters. The number of ether oxygens (including phenoxy) is 4. The molecule has 5 rings (SSSR count). The third-order valence-corrected chi connectivity index (χ3v) is 9.19. The summed E-state index contributed by atoms with van der Waals surface area (Å²) in [7, 11) is 6.88. The average Bonchev–Trinajstić information content (AvgIpc) is 3.13. The molecule has 0 spiro atoms. The number of nitrogens with zero attached hydrogens (tertiary/aromatic N) is 4. The zero-order valence-corrected chi connectivity index (χ0v) is 29.1. The Morgan fingerprint density at radius 3 is 0.625 bits per heavy atom. The lowest BCUT2D eigenvalue weighted by Gasteiger charge is -2.34. The lowest BCUT2D eigenvalue weighted by molar-refractivity contribution is 0.122. The maximum Gasteiger partial charge on any atom is 0.118 e. The fourth-order valence-corrected chi connectivity index (χ4v) is 6.17. The van der Waals surface area contributed by atoms with Gasteiger partial charge >= 0.3 is 0 Å². The molecule has 0 aromatic heterocycles. The van der Waals surface area contributed by atoms with E-state index in [1.165, 1.54) is 22.3 Å². The molecule has 0 unspecified atom stereocenters. The summed E-state index contributed by atoms with van der Waals surface area (Å²) in [5.74, 6) is 3.57. The van der Waals surface area contributed by atoms with Crippen LogP contribution in [0.1, 0.15) is 22.3 Å². The molecule has 0 bridgehead atoms. The molecule has 256 valence electrons. The highest BCUT2D eigenvalue weighted by Crippen LogP contribution is 2.18. The van der Waals surface area contributed by atoms with Gasteiger partial charge in [-0.25, -0.2) is 0 Å². The topological polar surface area (TPSA) is 49.9 Å². The standard InChI is InChI=1S/C40H52N4O4/c1-45-37-13-5-33(6-14-37)29-41-21-23-42(30-34-7-15-38(46-2)16-8-34)25-27-44(32-36-11-19-40(48-4)20-12-36)28-26-43(24-22-41)31-35-9-17-39(47-3)18-10-35/h5-20H,21-32H2,1-4H3. The summed E-state index contributed by atoms with van der Waals surface area (Å²) in [4.78, 5) is 10.4. The minimum absolute atomic E-state index is 0.892. The van der Waals surface area contributed by atoms with E-state index in [1.807, 2.05) is 0 Å². The number of rotatable bonds is 12. The Morgan fingerprint density at radius 2 is 0.479 bits per heavy atom. The van der Waals surface area contributed by atoms with Crippen molar-refractivity contribution >= 4 is 0 Å². The first-order chi connectivity index (χ1) is 23.5. The molecular weight excluding hydrogens is 600 g/mol. The molecular formula is C40H52N4O4. The van der Waals surface area contributed by atoms with Crippen LogP contribution in [-0.2, 0) is 26.2 Å². The maximum atomic E-state index is 5.43. The maximum absolute atomic E-state index is 5.43. The predicted octanol–water partition coefficient (Wildman–Crippen LogP) is 6.04. The Balaban J connectivity index is 1.36. The number of hydrogen-bond donors (Lipinski definition) is 0. The van der Waals surface area contributed by atoms with Crippen LogP contribution in [0.2, 0.25) is 0 Å². The highest BCUT2D eigenvalue weighted by atomic mass is 16.5. The second kappa shape index (κ2) is 18.5. The molecule has 8 heteroatoms. The van der Waals surface area contributed by atoms with E-state index in [0.717, 1.165) is 102 Å². The molecule has 0 amide bonds. The van der Waals surface area contributed by atoms with E-state index >= 15 is 0 Å². The summed E-state index contributed by atoms with van der Waals surface area (Å²) < 4.78 is 21.7. The van der Waals surface area contributed by atoms with Crippen molar-refractivity contribution in [2.75, 3.05) is 80.8 Å². The lowest BCUT2D eigenvalue weighted by Crippen LogP contribution is -2.45. The Kier molecular flexibility index (Phi) is 13.5. The van der Waals surface area contributed by atoms with Crippen LogP contribution in [0.4, 0.5) is 0 Å². The highest BCUT2D eigenvalue weighted by Gasteiger charge is 2.18. The first kappa shape index (κ1) is 35.2. The molecule has 0 radical (unpaired) electrons. The molecule has 1 fully saturated rings. The second-order valence-corrected chi connectivity index (χ2v) is 12.5. The summed E-state index contributed by atoms with van der Waals surface area (Å²) in [6.45, 7) is 11.5. The zero-order chi connectivity index (χ0) is 33.6. The summed E-state index contributed by atoms with van der Waals surface area (Å²) in [6, 6.07) is 34.0. The van der Waals surface area contributed by atoms with Gasteiger partial charge in [0.05, 0.1) is 28.4 Å². The number of methoxy groups -OCH3 is 4. The largest absolute Gasteiger partial charge is 0.497 e. The van der Waals surface area contributed by atoms with E-state index in [2.05, 4.69) is 117 Å². The summed E-state index contributed by atoms with van der Waals surface area (Å²) in [6.07, 6.45) is 0. The average molecular weight is 653 g/mol. The van der Waals surface area contributed by atoms with Crippen molar-refractivity contribution in [1.29, 1.82) is 0 Å². The van der Waals surface area contributed by atoms with Crippen molar-refractivity contribution in [3.63, 3.8) is 0 Å². The minimum atomic E-state index is 0.892. The van der Waals surface area contributed by atoms with Gasteiger partial charge in [-0.3, -0.25) is 19.6 Å². The fraction of sp³-hybridized carbons (Fsp3) is 0.400. The molecule has 0 aliphatic carbocycles. The van der Waals surface area contributed by atoms with Crippen LogP contribution in [0.25, 0.3) is 0 Å². The van der Waals surface area contributed by atoms with Gasteiger partial charge < -0.3 is 18.9 Å². The zero-order valence-electron chi connectivity index (χ0n) is 29.1. The van der Waals surface area contributed by atoms with E-state index < -0.39 is 0 Å². The lowest BCUT2D eigenvalue weighted by atomic mass is 10.1. The fourth-order valence-electron chi connectivity index (χ4n) is 6.17. The van der Waals surface area contributed by atoms with Crippen LogP contribution in [0.15, 0.2) is 97.1 Å². The SMILES string of the molecule is COc1ccc(CN2CCN(Cc3ccc(OC)cc3)CCN(Cc3ccc(OC)cc3)CCN(Cc3ccc(OC)cc3)CC2)cc1. The molecule has 8 nitrogen and oxygen atoms in total. The van der Waals surface area contributed by atoms with Crippen LogP contribution >= 0.6 is 0 Å². The molecule has 1 saturated heterocycles. The molecule has 1 aliphatic heterocycles. The van der Waals surface area contributed by atoms with Crippen molar-refractivity contribution in [2.45, 2.75) is 26.2 Å². The number of benzene rings is 4. The third kappa shape index (κ3) is 11.0. The minimum Gasteiger partial charge on any atom is -0.497 e. The summed E-state index contributed by atoms with van der Waals surface area (Å²) in [5.41, 5.74) is 5.21. The van der Waals surface area contributed by atoms with Gasteiger partial charge in [0, 0.05) is 78.5 Å². The Labute approximate surface area is 287 Å². The van der Waals surface area contributed by atoms with E-state index in [0.29, 0.717) is 0 Å². The van der Waals surface area contributed by atoms with Crippen LogP contribution in [0.5, 0.6) is 23.0 Å². The van der Waals surface area contributed by atoms with Gasteiger partial charge in [-0.2, -0.15) is 0 Å². The Bertz CT molecular complexity index is 1230. The summed E-state index contributed by atoms with van der Waals surface area (Å²) in [5, 5.41) is 0. The van der Waals surface area contributed by atoms with E-state index in [4.69, 9.17) is 18.9 Å². The van der Waals surface area contributed by atoms with Gasteiger partial charge in [-0.05, 0) is 70.8 Å². The van der Waals surface area contributed by atoms with Gasteiger partial charge in [0.2, 0.25) is 0 Å². The third-order valence-electron chi connectivity index (χ3n) is 9.19. The molecule has 1 aliphatic rings. The first-order valence-electron chi connectivity index (χ1n) is 16.9. The van der Waals surface area contributed by atoms with Gasteiger partial charge in [-0.1, -0.05) is 48.5 Å². The van der Waals surface area contributed by atoms with Crippen molar-refractivity contribution in [3.05, 3.63) is 119 Å². The van der Waals surface area contributed by atoms with Gasteiger partial charge in [0.25, 0.3) is 0 Å². The van der Waals surface area contributed by atoms with Crippen LogP contribution < -0.4 is 18.9 Å². The van der Waals surface area contributed by atoms with Gasteiger partial charge in [0.1, 0.15) is 23.0 Å². The second-order valence-electron chi connectivity index (χ2n) is 12.5. The molecule has 4 aromatic rings. The molecule has 4 aromatic carbocycles. The van der Waals surface area contributed by atoms with Gasteiger partial charge in [-0.15, -0.1) is 0 Å². The van der Waals surface area contributed by atoms with Gasteiger partial charge in [0.15, 0.2) is 0 Å². The first-order valence-corrected chi connectivity index (χ1v) is 16.9. The van der Waals surface area contributed by atoms with E-state index in [9.17, 15) is 0 Å². The molecule has 0 saturated carbocycles. The Hall–Kier alpha value is -4.08. The van der Waals surface area contributed by atoms with Crippen molar-refractivity contribution in [1.82, 2.24) is 19.6 Å². The van der Waals surface area contributed by atoms with Crippen molar-refractivity contribution < 1.29 is 18.9 Å². The quantitative estimate of drug-likeness (QED) is 0.184. The smallest absolute Gasteiger partial charge is 0.118 e. The van der Waals surface area contributed by atoms with Crippen LogP contribution in [0, 0.1) is 0 Å². The molecule has 1 heterocycles. The summed E-state index contributed by atoms with van der Waals surface area (Å²) >= 11 is 0. The predicted molar refractivity (Wildman–Crippen MR) is 193 cm³/mol. The highest BCUT2D eigenvalue weighted by molar-refractivity contribution is 5.29. The molecule has 0 N–H and O–H groups in total. The number of hydrogen-bond acceptors (Lipinski definition) is 8. The van der Waals surface area contributed by atoms with E-state index in [-0.39, 0.29) is 0 Å². The normalized spacial score (nSPS) is 16.1. The Morgan fingerprint density at radius 1 is 0.312 bits per heavy atom. The van der Waals surface area contributed by atoms with E-state index in [1.54, 1.807) is 28.4 Å². The monoisotopic (exact) mass is 652 g/mol. The van der Waals surface area contributed by atoms with Crippen molar-refractivity contribution in [3.8, 4) is 23.0 Å². The van der Waals surface area contributed by atoms with Crippen molar-refractivity contribution in [2.24, 2.45) is 0 Å².